The topological polar surface area (TPSA) is 105 Å². The Morgan fingerprint density at radius 2 is 0.800 bits per heavy atom. The maximum absolute atomic E-state index is 13.0. The van der Waals surface area contributed by atoms with E-state index in [9.17, 15) is 19.4 Å². The second-order valence-corrected chi connectivity index (χ2v) is 24.9. The third kappa shape index (κ3) is 60.0. The van der Waals surface area contributed by atoms with E-state index in [1.807, 2.05) is 21.1 Å². The molecule has 9 heteroatoms. The molecule has 0 radical (unpaired) electrons. The molecule has 0 saturated carbocycles. The quantitative estimate of drug-likeness (QED) is 0.0243. The predicted octanol–water partition coefficient (Wildman–Crippen LogP) is 20.3. The highest BCUT2D eigenvalue weighted by Crippen LogP contribution is 2.43. The Morgan fingerprint density at radius 1 is 0.467 bits per heavy atom. The first-order chi connectivity index (χ1) is 36.5. The van der Waals surface area contributed by atoms with Crippen LogP contribution in [-0.4, -0.2) is 73.4 Å². The molecule has 0 spiro atoms. The molecule has 0 aliphatic rings. The first kappa shape index (κ1) is 73.5. The van der Waals surface area contributed by atoms with Gasteiger partial charge >= 0.3 is 7.82 Å². The lowest BCUT2D eigenvalue weighted by molar-refractivity contribution is -0.870. The van der Waals surface area contributed by atoms with E-state index in [0.29, 0.717) is 23.9 Å². The van der Waals surface area contributed by atoms with Crippen LogP contribution in [-0.2, 0) is 18.4 Å². The van der Waals surface area contributed by atoms with Crippen molar-refractivity contribution in [3.63, 3.8) is 0 Å². The average molecular weight is 1080 g/mol. The molecule has 442 valence electrons. The fraction of sp³-hybridized carbons (Fsp3) is 0.864. The van der Waals surface area contributed by atoms with Crippen molar-refractivity contribution < 1.29 is 32.9 Å². The van der Waals surface area contributed by atoms with Crippen molar-refractivity contribution in [2.75, 3.05) is 40.9 Å². The number of carbonyl (C=O) groups is 1. The van der Waals surface area contributed by atoms with Crippen molar-refractivity contribution in [3.8, 4) is 0 Å². The number of rotatable bonds is 60. The third-order valence-electron chi connectivity index (χ3n) is 14.8. The molecule has 0 aromatic heterocycles. The van der Waals surface area contributed by atoms with Crippen LogP contribution in [0, 0.1) is 0 Å². The van der Waals surface area contributed by atoms with Gasteiger partial charge in [-0.3, -0.25) is 13.8 Å². The molecule has 0 bridgehead atoms. The van der Waals surface area contributed by atoms with Gasteiger partial charge in [-0.2, -0.15) is 0 Å². The van der Waals surface area contributed by atoms with Crippen molar-refractivity contribution in [3.05, 3.63) is 48.6 Å². The van der Waals surface area contributed by atoms with Crippen LogP contribution in [0.3, 0.4) is 0 Å². The second kappa shape index (κ2) is 57.2. The van der Waals surface area contributed by atoms with Gasteiger partial charge in [0, 0.05) is 6.42 Å². The highest BCUT2D eigenvalue weighted by atomic mass is 31.2. The predicted molar refractivity (Wildman–Crippen MR) is 327 cm³/mol. The molecule has 8 nitrogen and oxygen atoms in total. The minimum Gasteiger partial charge on any atom is -0.391 e. The molecule has 3 unspecified atom stereocenters. The number of aliphatic hydroxyl groups is 1. The number of hydrogen-bond acceptors (Lipinski definition) is 5. The summed E-state index contributed by atoms with van der Waals surface area (Å²) >= 11 is 0. The number of carbonyl (C=O) groups excluding carboxylic acids is 1. The zero-order valence-corrected chi connectivity index (χ0v) is 51.4. The van der Waals surface area contributed by atoms with E-state index in [-0.39, 0.29) is 19.1 Å². The Bertz CT molecular complexity index is 1360. The number of nitrogens with zero attached hydrogens (tertiary/aromatic N) is 1. The normalized spacial score (nSPS) is 14.1. The van der Waals surface area contributed by atoms with Gasteiger partial charge in [0.1, 0.15) is 13.2 Å². The summed E-state index contributed by atoms with van der Waals surface area (Å²) in [6, 6.07) is -0.759. The monoisotopic (exact) mass is 1080 g/mol. The van der Waals surface area contributed by atoms with Gasteiger partial charge in [0.25, 0.3) is 0 Å². The van der Waals surface area contributed by atoms with E-state index in [0.717, 1.165) is 64.2 Å². The van der Waals surface area contributed by atoms with E-state index < -0.39 is 20.0 Å². The molecule has 3 atom stereocenters. The first-order valence-corrected chi connectivity index (χ1v) is 34.0. The minimum absolute atomic E-state index is 0.0766. The van der Waals surface area contributed by atoms with Crippen LogP contribution in [0.25, 0.3) is 0 Å². The summed E-state index contributed by atoms with van der Waals surface area (Å²) < 4.78 is 23.8. The van der Waals surface area contributed by atoms with Crippen LogP contribution in [0.5, 0.6) is 0 Å². The van der Waals surface area contributed by atoms with Crippen molar-refractivity contribution in [1.82, 2.24) is 5.32 Å². The van der Waals surface area contributed by atoms with E-state index in [4.69, 9.17) is 9.05 Å². The number of allylic oxidation sites excluding steroid dienone is 8. The number of likely N-dealkylation sites (N-methyl/N-ethyl adjacent to an activating group) is 1. The molecule has 75 heavy (non-hydrogen) atoms. The van der Waals surface area contributed by atoms with Crippen LogP contribution in [0.1, 0.15) is 316 Å². The lowest BCUT2D eigenvalue weighted by atomic mass is 10.0. The summed E-state index contributed by atoms with van der Waals surface area (Å²) in [5.41, 5.74) is 0. The number of phosphoric acid groups is 1. The molecular formula is C66H128N2O6P+. The van der Waals surface area contributed by atoms with Crippen molar-refractivity contribution in [1.29, 1.82) is 0 Å². The zero-order chi connectivity index (χ0) is 54.9. The first-order valence-electron chi connectivity index (χ1n) is 32.5. The largest absolute Gasteiger partial charge is 0.472 e. The van der Waals surface area contributed by atoms with Crippen LogP contribution >= 0.6 is 7.82 Å². The van der Waals surface area contributed by atoms with Crippen LogP contribution in [0.2, 0.25) is 0 Å². The van der Waals surface area contributed by atoms with Crippen molar-refractivity contribution >= 4 is 13.7 Å². The molecule has 0 heterocycles. The maximum Gasteiger partial charge on any atom is 0.472 e. The number of amides is 1. The van der Waals surface area contributed by atoms with Gasteiger partial charge in [-0.05, 0) is 51.4 Å². The smallest absolute Gasteiger partial charge is 0.391 e. The number of phosphoric ester groups is 1. The Kier molecular flexibility index (Phi) is 56.0. The molecule has 0 aromatic rings. The summed E-state index contributed by atoms with van der Waals surface area (Å²) in [7, 11) is 1.63. The Labute approximate surface area is 467 Å². The summed E-state index contributed by atoms with van der Waals surface area (Å²) in [4.78, 5) is 23.4. The molecular weight excluding hydrogens is 948 g/mol. The Hall–Kier alpha value is -1.54. The van der Waals surface area contributed by atoms with Crippen molar-refractivity contribution in [2.45, 2.75) is 328 Å². The fourth-order valence-corrected chi connectivity index (χ4v) is 10.5. The molecule has 0 rings (SSSR count). The number of quaternary nitrogens is 1. The molecule has 0 fully saturated rings. The van der Waals surface area contributed by atoms with E-state index in [2.05, 4.69) is 67.8 Å². The summed E-state index contributed by atoms with van der Waals surface area (Å²) in [6.07, 6.45) is 76.3. The fourth-order valence-electron chi connectivity index (χ4n) is 9.81. The standard InChI is InChI=1S/C66H127N2O6P/c1-6-8-10-12-14-16-18-20-22-24-25-26-27-28-29-30-31-32-33-34-35-36-37-38-39-40-41-42-43-44-46-48-50-52-54-56-58-60-66(70)67-64(63-74-75(71,72)73-62-61-68(3,4)5)65(69)59-57-55-53-51-49-47-45-23-21-19-17-15-13-11-9-7-2/h8,10,14,16,20,22,25-26,64-65,69H,6-7,9,11-13,15,17-19,21,23-24,27-63H2,1-5H3,(H-,67,70,71,72)/p+1/b10-8-,16-14-,22-20-,26-25-. The molecule has 0 aromatic carbocycles. The number of nitrogens with one attached hydrogen (secondary N) is 1. The van der Waals surface area contributed by atoms with Crippen molar-refractivity contribution in [2.24, 2.45) is 0 Å². The molecule has 0 aliphatic heterocycles. The zero-order valence-electron chi connectivity index (χ0n) is 50.6. The van der Waals surface area contributed by atoms with Crippen LogP contribution in [0.15, 0.2) is 48.6 Å². The van der Waals surface area contributed by atoms with Gasteiger partial charge in [-0.1, -0.05) is 306 Å². The average Bonchev–Trinajstić information content (AvgIpc) is 3.37. The second-order valence-electron chi connectivity index (χ2n) is 23.5. The third-order valence-corrected chi connectivity index (χ3v) is 15.8. The highest BCUT2D eigenvalue weighted by Gasteiger charge is 2.28. The van der Waals surface area contributed by atoms with E-state index in [1.54, 1.807) is 0 Å². The highest BCUT2D eigenvalue weighted by molar-refractivity contribution is 7.47. The Morgan fingerprint density at radius 3 is 1.17 bits per heavy atom. The van der Waals surface area contributed by atoms with Gasteiger partial charge in [-0.15, -0.1) is 0 Å². The van der Waals surface area contributed by atoms with Crippen LogP contribution < -0.4 is 5.32 Å². The summed E-state index contributed by atoms with van der Waals surface area (Å²) in [5.74, 6) is -0.138. The molecule has 0 aliphatic carbocycles. The molecule has 0 saturated heterocycles. The van der Waals surface area contributed by atoms with Gasteiger partial charge in [0.15, 0.2) is 0 Å². The summed E-state index contributed by atoms with van der Waals surface area (Å²) in [5, 5.41) is 14.1. The number of hydrogen-bond donors (Lipinski definition) is 3. The maximum atomic E-state index is 13.0. The Balaban J connectivity index is 3.91. The summed E-state index contributed by atoms with van der Waals surface area (Å²) in [6.45, 7) is 4.81. The van der Waals surface area contributed by atoms with Gasteiger partial charge in [0.2, 0.25) is 5.91 Å². The lowest BCUT2D eigenvalue weighted by Crippen LogP contribution is -2.46. The van der Waals surface area contributed by atoms with Gasteiger partial charge < -0.3 is 19.8 Å². The molecule has 3 N–H and O–H groups in total. The number of aliphatic hydroxyl groups excluding tert-OH is 1. The SMILES string of the molecule is CC/C=C\C/C=C\C/C=C\C/C=C\CCCCCCCCCCCCCCCCCCCCCCCCCCC(=O)NC(COP(=O)(O)OCC[N+](C)(C)C)C(O)CCCCCCCCCCCCCCCCCC. The van der Waals surface area contributed by atoms with E-state index >= 15 is 0 Å². The minimum atomic E-state index is -4.32. The van der Waals surface area contributed by atoms with Gasteiger partial charge in [-0.25, -0.2) is 4.57 Å². The van der Waals surface area contributed by atoms with E-state index in [1.165, 1.54) is 225 Å². The number of unbranched alkanes of at least 4 members (excludes halogenated alkanes) is 39. The van der Waals surface area contributed by atoms with Crippen LogP contribution in [0.4, 0.5) is 0 Å². The van der Waals surface area contributed by atoms with Gasteiger partial charge in [0.05, 0.1) is 39.9 Å². The lowest BCUT2D eigenvalue weighted by Gasteiger charge is -2.26. The molecule has 1 amide bonds.